The zero-order chi connectivity index (χ0) is 11.7. The van der Waals surface area contributed by atoms with Gasteiger partial charge in [-0.1, -0.05) is 13.8 Å². The Morgan fingerprint density at radius 1 is 0.733 bits per heavy atom. The third-order valence-electron chi connectivity index (χ3n) is 2.98. The molecular weight excluding hydrogens is 192 g/mol. The fourth-order valence-corrected chi connectivity index (χ4v) is 1.88. The normalized spacial score (nSPS) is 17.4. The third-order valence-corrected chi connectivity index (χ3v) is 2.98. The molecule has 0 N–H and O–H groups in total. The molecule has 0 saturated carbocycles. The molecule has 3 atom stereocenters. The molecule has 0 aliphatic heterocycles. The highest BCUT2D eigenvalue weighted by atomic mass is 16.5. The molecule has 0 fully saturated rings. The van der Waals surface area contributed by atoms with E-state index in [0.717, 1.165) is 25.7 Å². The Labute approximate surface area is 94.1 Å². The lowest BCUT2D eigenvalue weighted by Crippen LogP contribution is -2.30. The second kappa shape index (κ2) is 9.13. The molecule has 3 heteroatoms. The first-order valence-corrected chi connectivity index (χ1v) is 5.81. The zero-order valence-electron chi connectivity index (χ0n) is 10.8. The number of hydrogen-bond acceptors (Lipinski definition) is 3. The van der Waals surface area contributed by atoms with E-state index in [-0.39, 0.29) is 12.2 Å². The summed E-state index contributed by atoms with van der Waals surface area (Å²) >= 11 is 0. The summed E-state index contributed by atoms with van der Waals surface area (Å²) in [6.45, 7) is 4.26. The summed E-state index contributed by atoms with van der Waals surface area (Å²) < 4.78 is 16.2. The van der Waals surface area contributed by atoms with Gasteiger partial charge in [-0.05, 0) is 25.7 Å². The molecular formula is C12H26O3. The zero-order valence-corrected chi connectivity index (χ0v) is 10.8. The first-order valence-electron chi connectivity index (χ1n) is 5.81. The first-order chi connectivity index (χ1) is 7.23. The lowest BCUT2D eigenvalue weighted by atomic mass is 10.0. The lowest BCUT2D eigenvalue weighted by molar-refractivity contribution is -0.0478. The predicted molar refractivity (Wildman–Crippen MR) is 62.2 cm³/mol. The van der Waals surface area contributed by atoms with Crippen molar-refractivity contribution in [3.8, 4) is 0 Å². The summed E-state index contributed by atoms with van der Waals surface area (Å²) in [7, 11) is 5.26. The highest BCUT2D eigenvalue weighted by Crippen LogP contribution is 2.16. The molecule has 0 saturated heterocycles. The van der Waals surface area contributed by atoms with Crippen molar-refractivity contribution >= 4 is 0 Å². The van der Waals surface area contributed by atoms with E-state index in [0.29, 0.717) is 6.10 Å². The average molecular weight is 218 g/mol. The van der Waals surface area contributed by atoms with Crippen LogP contribution in [0.4, 0.5) is 0 Å². The standard InChI is InChI=1S/C12H26O3/c1-6-10(13-3)8-9-12(15-5)11(7-2)14-4/h10-12H,6-9H2,1-5H3. The summed E-state index contributed by atoms with van der Waals surface area (Å²) in [5.74, 6) is 0. The van der Waals surface area contributed by atoms with Gasteiger partial charge < -0.3 is 14.2 Å². The van der Waals surface area contributed by atoms with Crippen molar-refractivity contribution in [1.29, 1.82) is 0 Å². The Balaban J connectivity index is 3.97. The highest BCUT2D eigenvalue weighted by Gasteiger charge is 2.20. The van der Waals surface area contributed by atoms with E-state index in [9.17, 15) is 0 Å². The van der Waals surface area contributed by atoms with E-state index >= 15 is 0 Å². The van der Waals surface area contributed by atoms with Crippen LogP contribution in [0.1, 0.15) is 39.5 Å². The van der Waals surface area contributed by atoms with Gasteiger partial charge in [-0.3, -0.25) is 0 Å². The monoisotopic (exact) mass is 218 g/mol. The summed E-state index contributed by atoms with van der Waals surface area (Å²) in [6, 6.07) is 0. The van der Waals surface area contributed by atoms with Crippen LogP contribution in [0.3, 0.4) is 0 Å². The molecule has 15 heavy (non-hydrogen) atoms. The van der Waals surface area contributed by atoms with E-state index < -0.39 is 0 Å². The van der Waals surface area contributed by atoms with Crippen molar-refractivity contribution in [2.24, 2.45) is 0 Å². The molecule has 3 unspecified atom stereocenters. The Hall–Kier alpha value is -0.120. The van der Waals surface area contributed by atoms with Crippen LogP contribution in [0.25, 0.3) is 0 Å². The number of rotatable bonds is 9. The van der Waals surface area contributed by atoms with Crippen LogP contribution in [0, 0.1) is 0 Å². The van der Waals surface area contributed by atoms with Gasteiger partial charge in [-0.15, -0.1) is 0 Å². The fraction of sp³-hybridized carbons (Fsp3) is 1.00. The second-order valence-electron chi connectivity index (χ2n) is 3.80. The van der Waals surface area contributed by atoms with Crippen molar-refractivity contribution in [2.45, 2.75) is 57.8 Å². The summed E-state index contributed by atoms with van der Waals surface area (Å²) in [6.07, 6.45) is 4.79. The van der Waals surface area contributed by atoms with Gasteiger partial charge in [0.25, 0.3) is 0 Å². The molecule has 0 aromatic rings. The molecule has 0 aromatic carbocycles. The fourth-order valence-electron chi connectivity index (χ4n) is 1.88. The molecule has 0 bridgehead atoms. The SMILES string of the molecule is CCC(CCC(OC)C(CC)OC)OC. The van der Waals surface area contributed by atoms with Gasteiger partial charge in [-0.25, -0.2) is 0 Å². The predicted octanol–water partition coefficient (Wildman–Crippen LogP) is 2.63. The maximum Gasteiger partial charge on any atom is 0.0833 e. The van der Waals surface area contributed by atoms with Crippen molar-refractivity contribution in [1.82, 2.24) is 0 Å². The van der Waals surface area contributed by atoms with Gasteiger partial charge in [0, 0.05) is 21.3 Å². The van der Waals surface area contributed by atoms with Gasteiger partial charge in [0.05, 0.1) is 18.3 Å². The van der Waals surface area contributed by atoms with E-state index in [2.05, 4.69) is 13.8 Å². The topological polar surface area (TPSA) is 27.7 Å². The van der Waals surface area contributed by atoms with Gasteiger partial charge >= 0.3 is 0 Å². The minimum Gasteiger partial charge on any atom is -0.381 e. The first kappa shape index (κ1) is 14.9. The number of ether oxygens (including phenoxy) is 3. The largest absolute Gasteiger partial charge is 0.381 e. The molecule has 3 nitrogen and oxygen atoms in total. The number of methoxy groups -OCH3 is 3. The van der Waals surface area contributed by atoms with Gasteiger partial charge in [0.1, 0.15) is 0 Å². The molecule has 92 valence electrons. The summed E-state index contributed by atoms with van der Waals surface area (Å²) in [5, 5.41) is 0. The van der Waals surface area contributed by atoms with Crippen LogP contribution in [0.2, 0.25) is 0 Å². The van der Waals surface area contributed by atoms with Gasteiger partial charge in [0.2, 0.25) is 0 Å². The maximum atomic E-state index is 5.45. The Morgan fingerprint density at radius 3 is 1.67 bits per heavy atom. The van der Waals surface area contributed by atoms with Crippen LogP contribution >= 0.6 is 0 Å². The third kappa shape index (κ3) is 5.50. The van der Waals surface area contributed by atoms with E-state index in [1.807, 2.05) is 0 Å². The van der Waals surface area contributed by atoms with Crippen molar-refractivity contribution in [3.63, 3.8) is 0 Å². The Kier molecular flexibility index (Phi) is 9.06. The van der Waals surface area contributed by atoms with Crippen LogP contribution in [0.15, 0.2) is 0 Å². The Morgan fingerprint density at radius 2 is 1.33 bits per heavy atom. The summed E-state index contributed by atoms with van der Waals surface area (Å²) in [4.78, 5) is 0. The summed E-state index contributed by atoms with van der Waals surface area (Å²) in [5.41, 5.74) is 0. The number of hydrogen-bond donors (Lipinski definition) is 0. The van der Waals surface area contributed by atoms with E-state index in [4.69, 9.17) is 14.2 Å². The average Bonchev–Trinajstić information content (AvgIpc) is 2.29. The van der Waals surface area contributed by atoms with Crippen LogP contribution in [-0.2, 0) is 14.2 Å². The smallest absolute Gasteiger partial charge is 0.0833 e. The van der Waals surface area contributed by atoms with Crippen molar-refractivity contribution in [2.75, 3.05) is 21.3 Å². The van der Waals surface area contributed by atoms with Crippen LogP contribution in [-0.4, -0.2) is 39.6 Å². The molecule has 0 radical (unpaired) electrons. The van der Waals surface area contributed by atoms with Gasteiger partial charge in [0.15, 0.2) is 0 Å². The molecule has 0 aromatic heterocycles. The van der Waals surface area contributed by atoms with Crippen molar-refractivity contribution in [3.05, 3.63) is 0 Å². The quantitative estimate of drug-likeness (QED) is 0.595. The van der Waals surface area contributed by atoms with Crippen LogP contribution < -0.4 is 0 Å². The lowest BCUT2D eigenvalue weighted by Gasteiger charge is -2.25. The molecule has 0 amide bonds. The van der Waals surface area contributed by atoms with Crippen LogP contribution in [0.5, 0.6) is 0 Å². The maximum absolute atomic E-state index is 5.45. The molecule has 0 spiro atoms. The molecule has 0 aliphatic carbocycles. The molecule has 0 rings (SSSR count). The van der Waals surface area contributed by atoms with E-state index in [1.54, 1.807) is 21.3 Å². The van der Waals surface area contributed by atoms with Crippen molar-refractivity contribution < 1.29 is 14.2 Å². The molecule has 0 aliphatic rings. The Bertz CT molecular complexity index is 131. The molecule has 0 heterocycles. The minimum absolute atomic E-state index is 0.184. The highest BCUT2D eigenvalue weighted by molar-refractivity contribution is 4.71. The van der Waals surface area contributed by atoms with Gasteiger partial charge in [-0.2, -0.15) is 0 Å². The minimum atomic E-state index is 0.184. The van der Waals surface area contributed by atoms with E-state index in [1.165, 1.54) is 0 Å². The second-order valence-corrected chi connectivity index (χ2v) is 3.80.